The van der Waals surface area contributed by atoms with E-state index < -0.39 is 24.2 Å². The molecule has 3 atom stereocenters. The largest absolute Gasteiger partial charge is 0.463 e. The summed E-state index contributed by atoms with van der Waals surface area (Å²) in [6.45, 7) is 10.0. The first-order valence-corrected chi connectivity index (χ1v) is 9.49. The highest BCUT2D eigenvalue weighted by Crippen LogP contribution is 2.36. The number of carbonyl (C=O) groups is 1. The first-order valence-electron chi connectivity index (χ1n) is 9.06. The summed E-state index contributed by atoms with van der Waals surface area (Å²) >= 11 is 5.95. The maximum Gasteiger partial charge on any atom is 0.410 e. The fraction of sp³-hybridized carbons (Fsp3) is 0.579. The molecule has 1 saturated heterocycles. The molecule has 28 heavy (non-hydrogen) atoms. The second-order valence-electron chi connectivity index (χ2n) is 6.32. The van der Waals surface area contributed by atoms with Crippen molar-refractivity contribution in [3.8, 4) is 0 Å². The Labute approximate surface area is 168 Å². The van der Waals surface area contributed by atoms with E-state index in [0.29, 0.717) is 17.0 Å². The molecule has 0 amide bonds. The van der Waals surface area contributed by atoms with E-state index >= 15 is 0 Å². The molecular formula is C19H27ClF3N3O2. The molecule has 0 aliphatic carbocycles. The number of hydrogen-bond acceptors (Lipinski definition) is 5. The lowest BCUT2D eigenvalue weighted by Crippen LogP contribution is -2.55. The summed E-state index contributed by atoms with van der Waals surface area (Å²) in [7, 11) is 0. The van der Waals surface area contributed by atoms with Crippen LogP contribution in [-0.2, 0) is 9.53 Å². The molecule has 0 aromatic heterocycles. The highest BCUT2D eigenvalue weighted by atomic mass is 35.5. The molecule has 5 nitrogen and oxygen atoms in total. The molecule has 1 aliphatic rings. The molecule has 1 fully saturated rings. The number of rotatable bonds is 7. The van der Waals surface area contributed by atoms with Crippen molar-refractivity contribution in [2.24, 2.45) is 5.10 Å². The summed E-state index contributed by atoms with van der Waals surface area (Å²) in [5.74, 6) is -0.785. The molecule has 0 saturated carbocycles. The van der Waals surface area contributed by atoms with Gasteiger partial charge in [0.1, 0.15) is 5.82 Å². The molecule has 1 aliphatic heterocycles. The summed E-state index contributed by atoms with van der Waals surface area (Å²) in [6.07, 6.45) is 1.00. The van der Waals surface area contributed by atoms with Crippen LogP contribution in [0.4, 0.5) is 13.2 Å². The molecule has 0 aromatic rings. The van der Waals surface area contributed by atoms with Gasteiger partial charge < -0.3 is 10.1 Å². The monoisotopic (exact) mass is 421 g/mol. The lowest BCUT2D eigenvalue weighted by Gasteiger charge is -2.42. The van der Waals surface area contributed by atoms with Crippen LogP contribution in [0.2, 0.25) is 0 Å². The third-order valence-corrected chi connectivity index (χ3v) is 4.30. The van der Waals surface area contributed by atoms with Gasteiger partial charge in [0, 0.05) is 18.5 Å². The summed E-state index contributed by atoms with van der Waals surface area (Å²) in [6, 6.07) is -2.62. The summed E-state index contributed by atoms with van der Waals surface area (Å²) in [4.78, 5) is 12.1. The Hall–Kier alpha value is -1.96. The van der Waals surface area contributed by atoms with E-state index in [9.17, 15) is 18.0 Å². The van der Waals surface area contributed by atoms with Crippen LogP contribution in [0.25, 0.3) is 0 Å². The van der Waals surface area contributed by atoms with Crippen molar-refractivity contribution in [3.05, 3.63) is 35.2 Å². The second kappa shape index (κ2) is 10.5. The second-order valence-corrected chi connectivity index (χ2v) is 7.01. The molecule has 0 aromatic carbocycles. The number of halogens is 4. The minimum Gasteiger partial charge on any atom is -0.463 e. The third kappa shape index (κ3) is 6.29. The summed E-state index contributed by atoms with van der Waals surface area (Å²) < 4.78 is 46.2. The lowest BCUT2D eigenvalue weighted by atomic mass is 9.94. The van der Waals surface area contributed by atoms with Gasteiger partial charge in [0.15, 0.2) is 6.04 Å². The van der Waals surface area contributed by atoms with E-state index in [4.69, 9.17) is 16.3 Å². The van der Waals surface area contributed by atoms with Crippen LogP contribution >= 0.6 is 11.6 Å². The predicted molar refractivity (Wildman–Crippen MR) is 105 cm³/mol. The van der Waals surface area contributed by atoms with E-state index in [1.165, 1.54) is 6.92 Å². The highest BCUT2D eigenvalue weighted by molar-refractivity contribution is 6.21. The number of allylic oxidation sites excluding steroid dienone is 2. The quantitative estimate of drug-likeness (QED) is 0.216. The molecule has 0 spiro atoms. The number of ether oxygens (including phenoxy) is 1. The van der Waals surface area contributed by atoms with Crippen LogP contribution < -0.4 is 5.32 Å². The van der Waals surface area contributed by atoms with Crippen LogP contribution in [0, 0.1) is 0 Å². The Balaban J connectivity index is 3.46. The number of nitrogens with one attached hydrogen (secondary N) is 1. The van der Waals surface area contributed by atoms with E-state index in [2.05, 4.69) is 17.1 Å². The maximum absolute atomic E-state index is 13.7. The molecule has 158 valence electrons. The van der Waals surface area contributed by atoms with Gasteiger partial charge in [-0.2, -0.15) is 18.3 Å². The van der Waals surface area contributed by atoms with Crippen molar-refractivity contribution in [1.29, 1.82) is 0 Å². The molecule has 1 N–H and O–H groups in total. The van der Waals surface area contributed by atoms with Gasteiger partial charge in [-0.05, 0) is 32.8 Å². The average molecular weight is 422 g/mol. The van der Waals surface area contributed by atoms with E-state index in [-0.39, 0.29) is 29.8 Å². The van der Waals surface area contributed by atoms with Crippen molar-refractivity contribution in [2.75, 3.05) is 6.61 Å². The van der Waals surface area contributed by atoms with Crippen molar-refractivity contribution in [1.82, 2.24) is 10.3 Å². The Kier molecular flexibility index (Phi) is 9.07. The Morgan fingerprint density at radius 2 is 2.14 bits per heavy atom. The van der Waals surface area contributed by atoms with Gasteiger partial charge in [0.2, 0.25) is 0 Å². The lowest BCUT2D eigenvalue weighted by molar-refractivity contribution is -0.187. The number of carbonyl (C=O) groups excluding carboxylic acids is 1. The van der Waals surface area contributed by atoms with Gasteiger partial charge in [-0.15, -0.1) is 11.6 Å². The van der Waals surface area contributed by atoms with E-state index in [1.807, 2.05) is 13.0 Å². The van der Waals surface area contributed by atoms with Crippen molar-refractivity contribution >= 4 is 24.3 Å². The number of alkyl halides is 4. The molecule has 0 radical (unpaired) electrons. The van der Waals surface area contributed by atoms with Crippen molar-refractivity contribution in [2.45, 2.75) is 64.2 Å². The van der Waals surface area contributed by atoms with Crippen molar-refractivity contribution < 1.29 is 22.7 Å². The Morgan fingerprint density at radius 1 is 1.50 bits per heavy atom. The van der Waals surface area contributed by atoms with Gasteiger partial charge in [-0.3, -0.25) is 0 Å². The zero-order chi connectivity index (χ0) is 21.5. The number of hydrogen-bond donors (Lipinski definition) is 1. The van der Waals surface area contributed by atoms with Crippen LogP contribution in [0.5, 0.6) is 0 Å². The minimum atomic E-state index is -4.57. The van der Waals surface area contributed by atoms with Crippen LogP contribution in [-0.4, -0.2) is 47.9 Å². The minimum absolute atomic E-state index is 0.00117. The number of hydrazone groups is 1. The zero-order valence-corrected chi connectivity index (χ0v) is 17.3. The molecule has 9 heteroatoms. The summed E-state index contributed by atoms with van der Waals surface area (Å²) in [5, 5.41) is 6.98. The SMILES string of the molecule is C=NN1/C(=C(\C)C(=O)OCC)NC(C(/C=C\C(C)Cl)=C/CC)CC1C(F)(F)F. The summed E-state index contributed by atoms with van der Waals surface area (Å²) in [5.41, 5.74) is 0.654. The fourth-order valence-corrected chi connectivity index (χ4v) is 2.92. The Bertz CT molecular complexity index is 657. The normalized spacial score (nSPS) is 24.0. The van der Waals surface area contributed by atoms with Crippen LogP contribution in [0.3, 0.4) is 0 Å². The first-order chi connectivity index (χ1) is 13.1. The van der Waals surface area contributed by atoms with E-state index in [0.717, 1.165) is 0 Å². The van der Waals surface area contributed by atoms with Gasteiger partial charge in [-0.25, -0.2) is 9.80 Å². The van der Waals surface area contributed by atoms with Gasteiger partial charge in [0.25, 0.3) is 0 Å². The maximum atomic E-state index is 13.7. The van der Waals surface area contributed by atoms with Gasteiger partial charge >= 0.3 is 12.1 Å². The number of esters is 1. The zero-order valence-electron chi connectivity index (χ0n) is 16.5. The molecule has 1 rings (SSSR count). The van der Waals surface area contributed by atoms with E-state index in [1.54, 1.807) is 26.0 Å². The first kappa shape index (κ1) is 24.1. The topological polar surface area (TPSA) is 53.9 Å². The van der Waals surface area contributed by atoms with Crippen LogP contribution in [0.1, 0.15) is 40.5 Å². The molecule has 3 unspecified atom stereocenters. The third-order valence-electron chi connectivity index (χ3n) is 4.16. The average Bonchev–Trinajstić information content (AvgIpc) is 2.62. The van der Waals surface area contributed by atoms with Crippen LogP contribution in [0.15, 0.2) is 40.3 Å². The highest BCUT2D eigenvalue weighted by Gasteiger charge is 2.49. The van der Waals surface area contributed by atoms with Gasteiger partial charge in [-0.1, -0.05) is 25.2 Å². The Morgan fingerprint density at radius 3 is 2.61 bits per heavy atom. The standard InChI is InChI=1S/C19H27ClF3N3O2/c1-6-8-14(10-9-12(3)20)15-11-16(19(21,22)23)26(24-5)17(25-15)13(4)18(27)28-7-2/h8-10,12,15-16,25H,5-7,11H2,1-4H3/b10-9-,14-8+,17-13+. The fourth-order valence-electron chi connectivity index (χ4n) is 2.85. The number of nitrogens with zero attached hydrogens (tertiary/aromatic N) is 2. The van der Waals surface area contributed by atoms with Gasteiger partial charge in [0.05, 0.1) is 18.2 Å². The predicted octanol–water partition coefficient (Wildman–Crippen LogP) is 4.51. The molecule has 1 heterocycles. The smallest absolute Gasteiger partial charge is 0.410 e. The molecule has 0 bridgehead atoms. The molecular weight excluding hydrogens is 395 g/mol. The van der Waals surface area contributed by atoms with Crippen molar-refractivity contribution in [3.63, 3.8) is 0 Å².